The molecule has 0 aliphatic carbocycles. The van der Waals surface area contributed by atoms with E-state index in [1.165, 1.54) is 11.1 Å². The highest BCUT2D eigenvalue weighted by Gasteiger charge is 2.30. The lowest BCUT2D eigenvalue weighted by molar-refractivity contribution is -0.131. The molecule has 1 unspecified atom stereocenters. The number of likely N-dealkylation sites (N-methyl/N-ethyl adjacent to an activating group) is 1. The van der Waals surface area contributed by atoms with Gasteiger partial charge in [-0.15, -0.1) is 0 Å². The summed E-state index contributed by atoms with van der Waals surface area (Å²) in [7, 11) is 1.80. The minimum atomic E-state index is -0.463. The van der Waals surface area contributed by atoms with Gasteiger partial charge in [0.1, 0.15) is 6.04 Å². The summed E-state index contributed by atoms with van der Waals surface area (Å²) >= 11 is 0. The Bertz CT molecular complexity index is 473. The molecule has 0 aromatic heterocycles. The fourth-order valence-electron chi connectivity index (χ4n) is 2.52. The van der Waals surface area contributed by atoms with Gasteiger partial charge in [-0.25, -0.2) is 0 Å². The minimum absolute atomic E-state index is 0.00164. The number of nitrogens with zero attached hydrogens (tertiary/aromatic N) is 2. The first-order valence-electron chi connectivity index (χ1n) is 6.74. The summed E-state index contributed by atoms with van der Waals surface area (Å²) in [5.74, 6) is -0.00164. The van der Waals surface area contributed by atoms with Gasteiger partial charge in [0.15, 0.2) is 0 Å². The minimum Gasteiger partial charge on any atom is -0.394 e. The maximum Gasteiger partial charge on any atom is 0.247 e. The summed E-state index contributed by atoms with van der Waals surface area (Å²) in [5, 5.41) is 9.57. The van der Waals surface area contributed by atoms with E-state index in [-0.39, 0.29) is 12.5 Å². The maximum absolute atomic E-state index is 12.2. The van der Waals surface area contributed by atoms with E-state index in [1.54, 1.807) is 11.9 Å². The third kappa shape index (κ3) is 2.73. The van der Waals surface area contributed by atoms with E-state index < -0.39 is 6.04 Å². The predicted octanol–water partition coefficient (Wildman–Crippen LogP) is 1.33. The number of aryl methyl sites for hydroxylation is 2. The zero-order chi connectivity index (χ0) is 14.0. The number of carbonyl (C=O) groups excluding carboxylic acids is 1. The molecule has 1 N–H and O–H groups in total. The normalized spacial score (nSPS) is 20.6. The standard InChI is InChI=1S/C15H22N2O2/c1-11-5-6-13(9-12(11)2)17-8-4-7-16(3)15(19)14(17)10-18/h5-6,9,14,18H,4,7-8,10H2,1-3H3. The number of aliphatic hydroxyl groups is 1. The molecule has 0 saturated carbocycles. The molecular formula is C15H22N2O2. The van der Waals surface area contributed by atoms with Crippen molar-refractivity contribution in [1.29, 1.82) is 0 Å². The van der Waals surface area contributed by atoms with Crippen molar-refractivity contribution in [2.45, 2.75) is 26.3 Å². The summed E-state index contributed by atoms with van der Waals surface area (Å²) in [4.78, 5) is 16.0. The van der Waals surface area contributed by atoms with E-state index in [4.69, 9.17) is 0 Å². The molecule has 0 radical (unpaired) electrons. The first kappa shape index (κ1) is 13.9. The number of aliphatic hydroxyl groups excluding tert-OH is 1. The molecule has 4 nitrogen and oxygen atoms in total. The molecule has 1 saturated heterocycles. The highest BCUT2D eigenvalue weighted by atomic mass is 16.3. The Labute approximate surface area is 114 Å². The summed E-state index contributed by atoms with van der Waals surface area (Å²) in [6, 6.07) is 5.73. The van der Waals surface area contributed by atoms with Crippen molar-refractivity contribution < 1.29 is 9.90 Å². The van der Waals surface area contributed by atoms with Crippen LogP contribution in [0.5, 0.6) is 0 Å². The molecule has 1 aliphatic rings. The molecule has 4 heteroatoms. The molecule has 19 heavy (non-hydrogen) atoms. The molecule has 0 bridgehead atoms. The molecule has 1 fully saturated rings. The Morgan fingerprint density at radius 1 is 1.26 bits per heavy atom. The third-order valence-corrected chi connectivity index (χ3v) is 3.93. The average Bonchev–Trinajstić information content (AvgIpc) is 2.53. The summed E-state index contributed by atoms with van der Waals surface area (Å²) < 4.78 is 0. The van der Waals surface area contributed by atoms with Crippen LogP contribution in [-0.4, -0.2) is 48.7 Å². The van der Waals surface area contributed by atoms with Crippen molar-refractivity contribution in [1.82, 2.24) is 4.90 Å². The molecule has 1 heterocycles. The molecule has 104 valence electrons. The van der Waals surface area contributed by atoms with Gasteiger partial charge in [0.05, 0.1) is 6.61 Å². The van der Waals surface area contributed by atoms with Crippen LogP contribution in [0.2, 0.25) is 0 Å². The lowest BCUT2D eigenvalue weighted by atomic mass is 10.1. The van der Waals surface area contributed by atoms with Gasteiger partial charge >= 0.3 is 0 Å². The molecule has 1 amide bonds. The van der Waals surface area contributed by atoms with Crippen molar-refractivity contribution in [2.75, 3.05) is 31.6 Å². The van der Waals surface area contributed by atoms with Crippen LogP contribution in [0.4, 0.5) is 5.69 Å². The Balaban J connectivity index is 2.34. The van der Waals surface area contributed by atoms with E-state index in [2.05, 4.69) is 26.0 Å². The van der Waals surface area contributed by atoms with Crippen LogP contribution in [0.1, 0.15) is 17.5 Å². The molecule has 1 aromatic carbocycles. The van der Waals surface area contributed by atoms with Crippen molar-refractivity contribution >= 4 is 11.6 Å². The largest absolute Gasteiger partial charge is 0.394 e. The SMILES string of the molecule is Cc1ccc(N2CCCN(C)C(=O)C2CO)cc1C. The molecule has 2 rings (SSSR count). The molecular weight excluding hydrogens is 240 g/mol. The van der Waals surface area contributed by atoms with E-state index >= 15 is 0 Å². The summed E-state index contributed by atoms with van der Waals surface area (Å²) in [5.41, 5.74) is 3.47. The van der Waals surface area contributed by atoms with Gasteiger partial charge in [0, 0.05) is 25.8 Å². The molecule has 1 aliphatic heterocycles. The Morgan fingerprint density at radius 3 is 2.63 bits per heavy atom. The quantitative estimate of drug-likeness (QED) is 0.874. The lowest BCUT2D eigenvalue weighted by Crippen LogP contribution is -2.47. The Morgan fingerprint density at radius 2 is 2.00 bits per heavy atom. The molecule has 0 spiro atoms. The van der Waals surface area contributed by atoms with Crippen LogP contribution in [0.3, 0.4) is 0 Å². The third-order valence-electron chi connectivity index (χ3n) is 3.93. The van der Waals surface area contributed by atoms with Gasteiger partial charge in [-0.05, 0) is 43.5 Å². The zero-order valence-corrected chi connectivity index (χ0v) is 11.9. The number of hydrogen-bond acceptors (Lipinski definition) is 3. The van der Waals surface area contributed by atoms with Gasteiger partial charge in [-0.2, -0.15) is 0 Å². The number of amides is 1. The second-order valence-electron chi connectivity index (χ2n) is 5.27. The van der Waals surface area contributed by atoms with Crippen molar-refractivity contribution in [3.05, 3.63) is 29.3 Å². The van der Waals surface area contributed by atoms with Gasteiger partial charge < -0.3 is 14.9 Å². The molecule has 1 aromatic rings. The van der Waals surface area contributed by atoms with E-state index in [0.717, 1.165) is 25.2 Å². The first-order valence-corrected chi connectivity index (χ1v) is 6.74. The van der Waals surface area contributed by atoms with Crippen LogP contribution in [0.15, 0.2) is 18.2 Å². The maximum atomic E-state index is 12.2. The summed E-state index contributed by atoms with van der Waals surface area (Å²) in [6.45, 7) is 5.54. The van der Waals surface area contributed by atoms with E-state index in [9.17, 15) is 9.90 Å². The van der Waals surface area contributed by atoms with Gasteiger partial charge in [-0.1, -0.05) is 6.07 Å². The fourth-order valence-corrected chi connectivity index (χ4v) is 2.52. The zero-order valence-electron chi connectivity index (χ0n) is 11.9. The summed E-state index contributed by atoms with van der Waals surface area (Å²) in [6.07, 6.45) is 0.922. The smallest absolute Gasteiger partial charge is 0.247 e. The van der Waals surface area contributed by atoms with Gasteiger partial charge in [0.25, 0.3) is 0 Å². The number of benzene rings is 1. The number of carbonyl (C=O) groups is 1. The topological polar surface area (TPSA) is 43.8 Å². The Hall–Kier alpha value is -1.55. The van der Waals surface area contributed by atoms with Crippen molar-refractivity contribution in [3.63, 3.8) is 0 Å². The fraction of sp³-hybridized carbons (Fsp3) is 0.533. The highest BCUT2D eigenvalue weighted by molar-refractivity contribution is 5.85. The number of hydrogen-bond donors (Lipinski definition) is 1. The molecule has 1 atom stereocenters. The monoisotopic (exact) mass is 262 g/mol. The van der Waals surface area contributed by atoms with Crippen LogP contribution in [-0.2, 0) is 4.79 Å². The Kier molecular flexibility index (Phi) is 4.10. The van der Waals surface area contributed by atoms with Crippen LogP contribution < -0.4 is 4.90 Å². The van der Waals surface area contributed by atoms with Crippen molar-refractivity contribution in [2.24, 2.45) is 0 Å². The van der Waals surface area contributed by atoms with Crippen LogP contribution >= 0.6 is 0 Å². The second kappa shape index (κ2) is 5.61. The average molecular weight is 262 g/mol. The number of rotatable bonds is 2. The van der Waals surface area contributed by atoms with E-state index in [0.29, 0.717) is 0 Å². The van der Waals surface area contributed by atoms with Gasteiger partial charge in [-0.3, -0.25) is 4.79 Å². The lowest BCUT2D eigenvalue weighted by Gasteiger charge is -2.30. The number of anilines is 1. The van der Waals surface area contributed by atoms with Crippen LogP contribution in [0, 0.1) is 13.8 Å². The predicted molar refractivity (Wildman–Crippen MR) is 76.4 cm³/mol. The van der Waals surface area contributed by atoms with Gasteiger partial charge in [0.2, 0.25) is 5.91 Å². The van der Waals surface area contributed by atoms with E-state index in [1.807, 2.05) is 11.0 Å². The van der Waals surface area contributed by atoms with Crippen molar-refractivity contribution in [3.8, 4) is 0 Å². The highest BCUT2D eigenvalue weighted by Crippen LogP contribution is 2.23. The first-order chi connectivity index (χ1) is 9.04. The second-order valence-corrected chi connectivity index (χ2v) is 5.27. The van der Waals surface area contributed by atoms with Crippen LogP contribution in [0.25, 0.3) is 0 Å².